The van der Waals surface area contributed by atoms with Gasteiger partial charge in [0.25, 0.3) is 0 Å². The largest absolute Gasteiger partial charge is 0.493 e. The van der Waals surface area contributed by atoms with Gasteiger partial charge in [0.05, 0.1) is 7.11 Å². The van der Waals surface area contributed by atoms with Crippen LogP contribution in [0.5, 0.6) is 11.5 Å². The molecule has 0 aliphatic heterocycles. The molecule has 4 nitrogen and oxygen atoms in total. The van der Waals surface area contributed by atoms with Gasteiger partial charge in [0.2, 0.25) is 0 Å². The predicted molar refractivity (Wildman–Crippen MR) is 108 cm³/mol. The van der Waals surface area contributed by atoms with E-state index in [4.69, 9.17) is 28.1 Å². The Morgan fingerprint density at radius 2 is 1.96 bits per heavy atom. The maximum atomic E-state index is 10.2. The van der Waals surface area contributed by atoms with Gasteiger partial charge in [-0.2, -0.15) is 0 Å². The zero-order valence-corrected chi connectivity index (χ0v) is 15.6. The lowest BCUT2D eigenvalue weighted by Gasteiger charge is -2.15. The van der Waals surface area contributed by atoms with E-state index in [1.807, 2.05) is 48.5 Å². The first-order chi connectivity index (χ1) is 12.6. The second-order valence-electron chi connectivity index (χ2n) is 5.72. The summed E-state index contributed by atoms with van der Waals surface area (Å²) in [6.45, 7) is 0.823. The van der Waals surface area contributed by atoms with Crippen LogP contribution in [0.4, 0.5) is 0 Å². The number of nitrogens with one attached hydrogen (secondary N) is 1. The average molecular weight is 369 g/mol. The minimum atomic E-state index is -0.693. The lowest BCUT2D eigenvalue weighted by atomic mass is 10.1. The van der Waals surface area contributed by atoms with Gasteiger partial charge in [0.1, 0.15) is 17.7 Å². The molecule has 1 atom stereocenters. The van der Waals surface area contributed by atoms with E-state index in [-0.39, 0.29) is 6.61 Å². The lowest BCUT2D eigenvalue weighted by Crippen LogP contribution is -2.35. The highest BCUT2D eigenvalue weighted by Gasteiger charge is 2.11. The van der Waals surface area contributed by atoms with Crippen molar-refractivity contribution in [3.63, 3.8) is 0 Å². The van der Waals surface area contributed by atoms with Crippen LogP contribution in [0.1, 0.15) is 11.1 Å². The molecule has 5 heteroatoms. The number of benzene rings is 2. The predicted octanol–water partition coefficient (Wildman–Crippen LogP) is 2.77. The number of rotatable bonds is 9. The van der Waals surface area contributed by atoms with Gasteiger partial charge in [-0.05, 0) is 29.7 Å². The van der Waals surface area contributed by atoms with Crippen LogP contribution < -0.4 is 14.8 Å². The molecule has 2 aromatic carbocycles. The molecule has 0 saturated heterocycles. The van der Waals surface area contributed by atoms with E-state index in [9.17, 15) is 5.11 Å². The van der Waals surface area contributed by atoms with Gasteiger partial charge < -0.3 is 19.9 Å². The highest BCUT2D eigenvalue weighted by Crippen LogP contribution is 2.28. The highest BCUT2D eigenvalue weighted by atomic mass is 32.1. The zero-order chi connectivity index (χ0) is 18.8. The number of terminal acetylenes is 1. The Morgan fingerprint density at radius 1 is 1.19 bits per heavy atom. The Balaban J connectivity index is 1.83. The fourth-order valence-corrected chi connectivity index (χ4v) is 2.67. The molecule has 0 spiro atoms. The molecular weight excluding hydrogens is 346 g/mol. The van der Waals surface area contributed by atoms with Gasteiger partial charge in [0.15, 0.2) is 11.5 Å². The third-order valence-electron chi connectivity index (χ3n) is 3.83. The third-order valence-corrected chi connectivity index (χ3v) is 4.24. The molecule has 2 aromatic rings. The molecule has 0 aliphatic carbocycles. The van der Waals surface area contributed by atoms with E-state index in [1.165, 1.54) is 0 Å². The van der Waals surface area contributed by atoms with Gasteiger partial charge in [-0.3, -0.25) is 0 Å². The molecule has 2 rings (SSSR count). The standard InChI is InChI=1S/C21H23NO3S/c1-3-13-25-19-10-9-17(15-20(19)24-2)11-12-22-21(26)18(23)14-16-7-5-4-6-8-16/h1,4-10,15,18,23H,11-14H2,2H3,(H,22,26)/t18-/m0/s1. The summed E-state index contributed by atoms with van der Waals surface area (Å²) in [7, 11) is 1.59. The Morgan fingerprint density at radius 3 is 2.65 bits per heavy atom. The van der Waals surface area contributed by atoms with Crippen molar-refractivity contribution in [2.24, 2.45) is 0 Å². The SMILES string of the molecule is C#CCOc1ccc(CCNC(=S)[C@@H](O)Cc2ccccc2)cc1OC. The van der Waals surface area contributed by atoms with E-state index >= 15 is 0 Å². The molecule has 0 saturated carbocycles. The summed E-state index contributed by atoms with van der Waals surface area (Å²) >= 11 is 5.28. The molecule has 0 unspecified atom stereocenters. The molecule has 136 valence electrons. The first-order valence-electron chi connectivity index (χ1n) is 8.37. The number of aliphatic hydroxyl groups is 1. The van der Waals surface area contributed by atoms with Crippen molar-refractivity contribution in [3.8, 4) is 23.8 Å². The van der Waals surface area contributed by atoms with Crippen molar-refractivity contribution in [1.82, 2.24) is 5.32 Å². The molecule has 0 heterocycles. The smallest absolute Gasteiger partial charge is 0.162 e. The Kier molecular flexibility index (Phi) is 7.94. The quantitative estimate of drug-likeness (QED) is 0.526. The third kappa shape index (κ3) is 6.07. The second kappa shape index (κ2) is 10.4. The van der Waals surface area contributed by atoms with Gasteiger partial charge in [-0.25, -0.2) is 0 Å². The second-order valence-corrected chi connectivity index (χ2v) is 6.16. The minimum absolute atomic E-state index is 0.199. The molecule has 0 aliphatic rings. The van der Waals surface area contributed by atoms with E-state index < -0.39 is 6.10 Å². The van der Waals surface area contributed by atoms with Crippen LogP contribution >= 0.6 is 12.2 Å². The minimum Gasteiger partial charge on any atom is -0.493 e. The van der Waals surface area contributed by atoms with Crippen LogP contribution in [0.25, 0.3) is 0 Å². The number of aliphatic hydroxyl groups excluding tert-OH is 1. The number of hydrogen-bond acceptors (Lipinski definition) is 4. The summed E-state index contributed by atoms with van der Waals surface area (Å²) in [6, 6.07) is 15.5. The van der Waals surface area contributed by atoms with Crippen LogP contribution in [-0.2, 0) is 12.8 Å². The van der Waals surface area contributed by atoms with E-state index in [2.05, 4.69) is 11.2 Å². The fourth-order valence-electron chi connectivity index (χ4n) is 2.48. The lowest BCUT2D eigenvalue weighted by molar-refractivity contribution is 0.240. The number of hydrogen-bond donors (Lipinski definition) is 2. The van der Waals surface area contributed by atoms with Crippen molar-refractivity contribution in [1.29, 1.82) is 0 Å². The number of ether oxygens (including phenoxy) is 2. The van der Waals surface area contributed by atoms with Gasteiger partial charge in [0, 0.05) is 13.0 Å². The van der Waals surface area contributed by atoms with Gasteiger partial charge >= 0.3 is 0 Å². The van der Waals surface area contributed by atoms with Crippen molar-refractivity contribution in [3.05, 3.63) is 59.7 Å². The molecule has 2 N–H and O–H groups in total. The number of methoxy groups -OCH3 is 1. The van der Waals surface area contributed by atoms with Crippen LogP contribution in [0.15, 0.2) is 48.5 Å². The molecule has 0 bridgehead atoms. The molecular formula is C21H23NO3S. The summed E-state index contributed by atoms with van der Waals surface area (Å²) in [5.41, 5.74) is 2.12. The van der Waals surface area contributed by atoms with Gasteiger partial charge in [-0.15, -0.1) is 6.42 Å². The summed E-state index contributed by atoms with van der Waals surface area (Å²) in [5.74, 6) is 3.70. The summed E-state index contributed by atoms with van der Waals surface area (Å²) in [5, 5.41) is 13.3. The van der Waals surface area contributed by atoms with Crippen molar-refractivity contribution >= 4 is 17.2 Å². The number of thiocarbonyl (C=S) groups is 1. The molecule has 0 radical (unpaired) electrons. The van der Waals surface area contributed by atoms with Crippen molar-refractivity contribution in [2.45, 2.75) is 18.9 Å². The highest BCUT2D eigenvalue weighted by molar-refractivity contribution is 7.80. The Labute approximate surface area is 160 Å². The molecule has 0 aromatic heterocycles. The van der Waals surface area contributed by atoms with Crippen molar-refractivity contribution < 1.29 is 14.6 Å². The van der Waals surface area contributed by atoms with E-state index in [0.29, 0.717) is 29.5 Å². The summed E-state index contributed by atoms with van der Waals surface area (Å²) in [4.78, 5) is 0.454. The zero-order valence-electron chi connectivity index (χ0n) is 14.8. The van der Waals surface area contributed by atoms with Crippen LogP contribution in [-0.4, -0.2) is 36.5 Å². The van der Waals surface area contributed by atoms with E-state index in [0.717, 1.165) is 17.5 Å². The van der Waals surface area contributed by atoms with E-state index in [1.54, 1.807) is 7.11 Å². The maximum absolute atomic E-state index is 10.2. The maximum Gasteiger partial charge on any atom is 0.162 e. The Hall–Kier alpha value is -2.55. The van der Waals surface area contributed by atoms with Crippen LogP contribution in [0.3, 0.4) is 0 Å². The molecule has 26 heavy (non-hydrogen) atoms. The van der Waals surface area contributed by atoms with Crippen LogP contribution in [0.2, 0.25) is 0 Å². The first-order valence-corrected chi connectivity index (χ1v) is 8.77. The topological polar surface area (TPSA) is 50.7 Å². The Bertz CT molecular complexity index is 756. The average Bonchev–Trinajstić information content (AvgIpc) is 2.67. The summed E-state index contributed by atoms with van der Waals surface area (Å²) in [6.07, 6.45) is 5.76. The van der Waals surface area contributed by atoms with Crippen LogP contribution in [0, 0.1) is 12.3 Å². The van der Waals surface area contributed by atoms with Gasteiger partial charge in [-0.1, -0.05) is 54.5 Å². The molecule has 0 amide bonds. The summed E-state index contributed by atoms with van der Waals surface area (Å²) < 4.78 is 10.8. The monoisotopic (exact) mass is 369 g/mol. The normalized spacial score (nSPS) is 11.3. The van der Waals surface area contributed by atoms with Crippen molar-refractivity contribution in [2.75, 3.05) is 20.3 Å². The molecule has 0 fully saturated rings. The first kappa shape index (κ1) is 19.8. The fraction of sp³-hybridized carbons (Fsp3) is 0.286.